The molecule has 154 valence electrons. The average Bonchev–Trinajstić information content (AvgIpc) is 2.87. The first-order valence-electron chi connectivity index (χ1n) is 9.62. The molecule has 5 rings (SSSR count). The Labute approximate surface area is 193 Å². The number of carbonyl (C=O) groups excluding carboxylic acids is 2. The second-order valence-corrected chi connectivity index (χ2v) is 9.26. The van der Waals surface area contributed by atoms with Gasteiger partial charge in [-0.15, -0.1) is 0 Å². The van der Waals surface area contributed by atoms with Crippen molar-refractivity contribution in [2.45, 2.75) is 17.9 Å². The molecule has 1 N–H and O–H groups in total. The van der Waals surface area contributed by atoms with Crippen LogP contribution < -0.4 is 10.2 Å². The lowest BCUT2D eigenvalue weighted by atomic mass is 9.98. The molecule has 0 saturated carbocycles. The van der Waals surface area contributed by atoms with E-state index in [9.17, 15) is 9.59 Å². The minimum absolute atomic E-state index is 0.329. The van der Waals surface area contributed by atoms with Gasteiger partial charge in [0.05, 0.1) is 22.2 Å². The Bertz CT molecular complexity index is 1290. The molecule has 3 aromatic carbocycles. The molecule has 2 aliphatic heterocycles. The molecule has 31 heavy (non-hydrogen) atoms. The van der Waals surface area contributed by atoms with E-state index in [4.69, 9.17) is 23.2 Å². The fourth-order valence-corrected chi connectivity index (χ4v) is 5.48. The Morgan fingerprint density at radius 2 is 1.74 bits per heavy atom. The van der Waals surface area contributed by atoms with Crippen LogP contribution in [0.1, 0.15) is 17.2 Å². The number of fused-ring (bicyclic) bond motifs is 1. The number of benzene rings is 3. The molecule has 1 atom stereocenters. The Morgan fingerprint density at radius 1 is 0.935 bits per heavy atom. The summed E-state index contributed by atoms with van der Waals surface area (Å²) >= 11 is 13.9. The summed E-state index contributed by atoms with van der Waals surface area (Å²) in [6.45, 7) is 1.93. The second-order valence-electron chi connectivity index (χ2n) is 7.37. The van der Waals surface area contributed by atoms with Gasteiger partial charge in [0, 0.05) is 20.6 Å². The second kappa shape index (κ2) is 7.75. The van der Waals surface area contributed by atoms with E-state index >= 15 is 0 Å². The number of carbonyl (C=O) groups is 2. The number of aryl methyl sites for hydroxylation is 1. The predicted octanol–water partition coefficient (Wildman–Crippen LogP) is 6.39. The van der Waals surface area contributed by atoms with Gasteiger partial charge in [-0.2, -0.15) is 0 Å². The van der Waals surface area contributed by atoms with E-state index in [0.717, 1.165) is 16.1 Å². The summed E-state index contributed by atoms with van der Waals surface area (Å²) in [4.78, 5) is 29.7. The van der Waals surface area contributed by atoms with Crippen LogP contribution in [0.25, 0.3) is 0 Å². The Hall–Kier alpha value is -2.73. The summed E-state index contributed by atoms with van der Waals surface area (Å²) in [7, 11) is 0. The molecule has 7 heteroatoms. The summed E-state index contributed by atoms with van der Waals surface area (Å²) in [6, 6.07) is 19.6. The molecule has 0 bridgehead atoms. The van der Waals surface area contributed by atoms with E-state index in [1.807, 2.05) is 49.4 Å². The van der Waals surface area contributed by atoms with Crippen LogP contribution in [0.5, 0.6) is 0 Å². The highest BCUT2D eigenvalue weighted by Crippen LogP contribution is 2.49. The van der Waals surface area contributed by atoms with E-state index < -0.39 is 6.04 Å². The van der Waals surface area contributed by atoms with Crippen LogP contribution in [0.15, 0.2) is 82.1 Å². The van der Waals surface area contributed by atoms with Crippen molar-refractivity contribution in [3.05, 3.63) is 98.4 Å². The Balaban J connectivity index is 1.69. The van der Waals surface area contributed by atoms with Crippen molar-refractivity contribution >= 4 is 58.2 Å². The van der Waals surface area contributed by atoms with E-state index in [1.54, 1.807) is 24.3 Å². The fourth-order valence-electron chi connectivity index (χ4n) is 3.86. The maximum Gasteiger partial charge on any atom is 0.272 e. The number of anilines is 2. The van der Waals surface area contributed by atoms with Gasteiger partial charge in [0.25, 0.3) is 11.8 Å². The maximum atomic E-state index is 13.7. The van der Waals surface area contributed by atoms with Gasteiger partial charge in [0.1, 0.15) is 0 Å². The molecule has 4 nitrogen and oxygen atoms in total. The first kappa shape index (κ1) is 20.2. The number of amides is 2. The molecule has 2 heterocycles. The molecule has 0 radical (unpaired) electrons. The summed E-state index contributed by atoms with van der Waals surface area (Å²) in [6.07, 6.45) is 0. The highest BCUT2D eigenvalue weighted by molar-refractivity contribution is 8.04. The highest BCUT2D eigenvalue weighted by atomic mass is 35.5. The van der Waals surface area contributed by atoms with Crippen molar-refractivity contribution in [3.63, 3.8) is 0 Å². The highest BCUT2D eigenvalue weighted by Gasteiger charge is 2.45. The largest absolute Gasteiger partial charge is 0.373 e. The van der Waals surface area contributed by atoms with Crippen LogP contribution in [0.2, 0.25) is 10.0 Å². The van der Waals surface area contributed by atoms with Crippen molar-refractivity contribution < 1.29 is 9.59 Å². The number of para-hydroxylation sites is 1. The van der Waals surface area contributed by atoms with E-state index in [2.05, 4.69) is 5.32 Å². The van der Waals surface area contributed by atoms with Gasteiger partial charge >= 0.3 is 0 Å². The van der Waals surface area contributed by atoms with Crippen molar-refractivity contribution in [2.24, 2.45) is 0 Å². The molecule has 0 saturated heterocycles. The zero-order valence-electron chi connectivity index (χ0n) is 16.4. The van der Waals surface area contributed by atoms with Crippen molar-refractivity contribution in [2.75, 3.05) is 10.2 Å². The average molecular weight is 467 g/mol. The SMILES string of the molecule is Cc1cccc(N2C(=O)C3=C(C2=O)C(c2ccc(Cl)cc2Cl)Nc2ccccc2S3)c1. The van der Waals surface area contributed by atoms with Gasteiger partial charge in [-0.05, 0) is 54.4 Å². The first-order chi connectivity index (χ1) is 14.9. The summed E-state index contributed by atoms with van der Waals surface area (Å²) in [5.41, 5.74) is 3.42. The quantitative estimate of drug-likeness (QED) is 0.444. The Kier molecular flexibility index (Phi) is 5.05. The fraction of sp³-hybridized carbons (Fsp3) is 0.0833. The third-order valence-electron chi connectivity index (χ3n) is 5.30. The van der Waals surface area contributed by atoms with Gasteiger partial charge < -0.3 is 5.32 Å². The zero-order valence-corrected chi connectivity index (χ0v) is 18.7. The number of hydrogen-bond acceptors (Lipinski definition) is 4. The number of imide groups is 1. The normalized spacial score (nSPS) is 17.9. The molecule has 1 unspecified atom stereocenters. The van der Waals surface area contributed by atoms with Crippen molar-refractivity contribution in [1.29, 1.82) is 0 Å². The van der Waals surface area contributed by atoms with Gasteiger partial charge in [0.2, 0.25) is 0 Å². The summed E-state index contributed by atoms with van der Waals surface area (Å²) in [5.74, 6) is -0.682. The van der Waals surface area contributed by atoms with E-state index in [0.29, 0.717) is 31.8 Å². The van der Waals surface area contributed by atoms with Crippen LogP contribution in [-0.2, 0) is 9.59 Å². The molecular weight excluding hydrogens is 451 g/mol. The molecule has 0 aromatic heterocycles. The minimum Gasteiger partial charge on any atom is -0.373 e. The number of hydrogen-bond donors (Lipinski definition) is 1. The van der Waals surface area contributed by atoms with Crippen LogP contribution >= 0.6 is 35.0 Å². The standard InChI is InChI=1S/C24H16Cl2N2O2S/c1-13-5-4-6-15(11-13)28-23(29)20-21(16-10-9-14(25)12-17(16)26)27-18-7-2-3-8-19(18)31-22(20)24(28)30/h2-12,21,27H,1H3. The molecule has 2 amide bonds. The zero-order chi connectivity index (χ0) is 21.7. The molecule has 0 spiro atoms. The molecule has 0 aliphatic carbocycles. The third-order valence-corrected chi connectivity index (χ3v) is 7.03. The number of nitrogens with one attached hydrogen (secondary N) is 1. The number of nitrogens with zero attached hydrogens (tertiary/aromatic N) is 1. The lowest BCUT2D eigenvalue weighted by molar-refractivity contribution is -0.120. The van der Waals surface area contributed by atoms with Crippen LogP contribution in [0.4, 0.5) is 11.4 Å². The monoisotopic (exact) mass is 466 g/mol. The van der Waals surface area contributed by atoms with E-state index in [-0.39, 0.29) is 11.8 Å². The predicted molar refractivity (Wildman–Crippen MR) is 126 cm³/mol. The lowest BCUT2D eigenvalue weighted by Gasteiger charge is -2.23. The van der Waals surface area contributed by atoms with Crippen LogP contribution in [0.3, 0.4) is 0 Å². The van der Waals surface area contributed by atoms with Gasteiger partial charge in [-0.3, -0.25) is 9.59 Å². The lowest BCUT2D eigenvalue weighted by Crippen LogP contribution is -2.33. The van der Waals surface area contributed by atoms with Crippen molar-refractivity contribution in [1.82, 2.24) is 0 Å². The first-order valence-corrected chi connectivity index (χ1v) is 11.2. The summed E-state index contributed by atoms with van der Waals surface area (Å²) in [5, 5.41) is 4.36. The van der Waals surface area contributed by atoms with Gasteiger partial charge in [-0.25, -0.2) is 4.90 Å². The van der Waals surface area contributed by atoms with Gasteiger partial charge in [0.15, 0.2) is 0 Å². The maximum absolute atomic E-state index is 13.7. The summed E-state index contributed by atoms with van der Waals surface area (Å²) < 4.78 is 0. The van der Waals surface area contributed by atoms with E-state index in [1.165, 1.54) is 16.7 Å². The molecule has 2 aliphatic rings. The molecular formula is C24H16Cl2N2O2S. The topological polar surface area (TPSA) is 49.4 Å². The minimum atomic E-state index is -0.595. The Morgan fingerprint density at radius 3 is 2.52 bits per heavy atom. The van der Waals surface area contributed by atoms with Crippen LogP contribution in [-0.4, -0.2) is 11.8 Å². The number of thioether (sulfide) groups is 1. The smallest absolute Gasteiger partial charge is 0.272 e. The van der Waals surface area contributed by atoms with Crippen LogP contribution in [0, 0.1) is 6.92 Å². The third kappa shape index (κ3) is 3.43. The number of halogens is 2. The van der Waals surface area contributed by atoms with Gasteiger partial charge in [-0.1, -0.05) is 65.3 Å². The number of rotatable bonds is 2. The molecule has 0 fully saturated rings. The van der Waals surface area contributed by atoms with Crippen molar-refractivity contribution in [3.8, 4) is 0 Å². The molecule has 3 aromatic rings.